The summed E-state index contributed by atoms with van der Waals surface area (Å²) in [5.74, 6) is 0.553. The third-order valence-electron chi connectivity index (χ3n) is 2.07. The van der Waals surface area contributed by atoms with Gasteiger partial charge in [-0.1, -0.05) is 6.92 Å². The molecule has 0 saturated heterocycles. The van der Waals surface area contributed by atoms with Crippen LogP contribution in [0.3, 0.4) is 0 Å². The Hall–Kier alpha value is -1.06. The van der Waals surface area contributed by atoms with Gasteiger partial charge in [0.25, 0.3) is 0 Å². The Kier molecular flexibility index (Phi) is 5.93. The number of carbonyl (C=O) groups excluding carboxylic acids is 1. The van der Waals surface area contributed by atoms with E-state index in [2.05, 4.69) is 4.99 Å². The summed E-state index contributed by atoms with van der Waals surface area (Å²) in [5, 5.41) is 0. The molecule has 0 aliphatic heterocycles. The molecule has 0 aromatic carbocycles. The average Bonchev–Trinajstić information content (AvgIpc) is 2.03. The highest BCUT2D eigenvalue weighted by molar-refractivity contribution is 5.78. The van der Waals surface area contributed by atoms with Crippen LogP contribution in [0.25, 0.3) is 0 Å². The van der Waals surface area contributed by atoms with E-state index < -0.39 is 0 Å². The number of nitrogens with two attached hydrogens (primary N) is 2. The van der Waals surface area contributed by atoms with Crippen LogP contribution in [0.5, 0.6) is 0 Å². The minimum Gasteiger partial charge on any atom is -0.370 e. The fourth-order valence-electron chi connectivity index (χ4n) is 1.24. The Bertz CT molecular complexity index is 185. The largest absolute Gasteiger partial charge is 0.370 e. The molecule has 1 unspecified atom stereocenters. The summed E-state index contributed by atoms with van der Waals surface area (Å²) >= 11 is 0. The minimum atomic E-state index is 0.121. The molecule has 0 aliphatic rings. The van der Waals surface area contributed by atoms with Crippen molar-refractivity contribution in [3.63, 3.8) is 0 Å². The lowest BCUT2D eigenvalue weighted by atomic mass is 9.96. The molecule has 0 rings (SSSR count). The second-order valence-corrected chi connectivity index (χ2v) is 3.16. The van der Waals surface area contributed by atoms with Crippen molar-refractivity contribution in [2.24, 2.45) is 22.4 Å². The van der Waals surface area contributed by atoms with Crippen molar-refractivity contribution in [2.45, 2.75) is 33.1 Å². The maximum Gasteiger partial charge on any atom is 0.185 e. The van der Waals surface area contributed by atoms with Gasteiger partial charge in [-0.2, -0.15) is 0 Å². The standard InChI is InChI=1S/C9H19N3O/c1-3-8(7(2)13)5-4-6-12-9(10)11/h8H,3-6H2,1-2H3,(H4,10,11,12). The van der Waals surface area contributed by atoms with Gasteiger partial charge < -0.3 is 11.5 Å². The van der Waals surface area contributed by atoms with Gasteiger partial charge in [0.2, 0.25) is 0 Å². The summed E-state index contributed by atoms with van der Waals surface area (Å²) < 4.78 is 0. The van der Waals surface area contributed by atoms with Crippen molar-refractivity contribution in [1.29, 1.82) is 0 Å². The molecule has 0 aromatic heterocycles. The highest BCUT2D eigenvalue weighted by Crippen LogP contribution is 2.11. The molecule has 4 heteroatoms. The first-order valence-corrected chi connectivity index (χ1v) is 4.63. The molecule has 0 aromatic rings. The smallest absolute Gasteiger partial charge is 0.185 e. The average molecular weight is 185 g/mol. The molecule has 0 aliphatic carbocycles. The van der Waals surface area contributed by atoms with Crippen LogP contribution in [0.4, 0.5) is 0 Å². The Balaban J connectivity index is 3.62. The Morgan fingerprint density at radius 3 is 2.46 bits per heavy atom. The summed E-state index contributed by atoms with van der Waals surface area (Å²) in [4.78, 5) is 14.9. The van der Waals surface area contributed by atoms with E-state index in [1.54, 1.807) is 6.92 Å². The predicted octanol–water partition coefficient (Wildman–Crippen LogP) is 0.655. The van der Waals surface area contributed by atoms with Gasteiger partial charge in [-0.25, -0.2) is 0 Å². The molecular formula is C9H19N3O. The van der Waals surface area contributed by atoms with Gasteiger partial charge in [-0.05, 0) is 26.2 Å². The molecule has 1 atom stereocenters. The van der Waals surface area contributed by atoms with Crippen molar-refractivity contribution in [3.8, 4) is 0 Å². The number of Topliss-reactive ketones (excluding diaryl/α,β-unsaturated/α-hetero) is 1. The molecule has 0 spiro atoms. The number of aliphatic imine (C=N–C) groups is 1. The van der Waals surface area contributed by atoms with Crippen LogP contribution < -0.4 is 11.5 Å². The first kappa shape index (κ1) is 11.9. The second kappa shape index (κ2) is 6.46. The zero-order valence-corrected chi connectivity index (χ0v) is 8.42. The van der Waals surface area contributed by atoms with Crippen molar-refractivity contribution in [1.82, 2.24) is 0 Å². The zero-order valence-electron chi connectivity index (χ0n) is 8.42. The highest BCUT2D eigenvalue weighted by Gasteiger charge is 2.10. The van der Waals surface area contributed by atoms with E-state index in [0.717, 1.165) is 19.3 Å². The molecule has 0 bridgehead atoms. The van der Waals surface area contributed by atoms with E-state index in [0.29, 0.717) is 6.54 Å². The maximum absolute atomic E-state index is 11.0. The van der Waals surface area contributed by atoms with Crippen LogP contribution in [-0.4, -0.2) is 18.3 Å². The molecule has 0 heterocycles. The first-order valence-electron chi connectivity index (χ1n) is 4.63. The molecular weight excluding hydrogens is 166 g/mol. The van der Waals surface area contributed by atoms with Crippen molar-refractivity contribution >= 4 is 11.7 Å². The number of rotatable bonds is 6. The zero-order chi connectivity index (χ0) is 10.3. The molecule has 0 amide bonds. The van der Waals surface area contributed by atoms with Gasteiger partial charge in [0.05, 0.1) is 0 Å². The normalized spacial score (nSPS) is 12.2. The number of nitrogens with zero attached hydrogens (tertiary/aromatic N) is 1. The SMILES string of the molecule is CCC(CCCN=C(N)N)C(C)=O. The van der Waals surface area contributed by atoms with Gasteiger partial charge >= 0.3 is 0 Å². The van der Waals surface area contributed by atoms with Crippen molar-refractivity contribution in [3.05, 3.63) is 0 Å². The maximum atomic E-state index is 11.0. The number of hydrogen-bond acceptors (Lipinski definition) is 2. The van der Waals surface area contributed by atoms with Crippen LogP contribution in [0.1, 0.15) is 33.1 Å². The molecule has 4 nitrogen and oxygen atoms in total. The molecule has 0 radical (unpaired) electrons. The first-order chi connectivity index (χ1) is 6.07. The van der Waals surface area contributed by atoms with Gasteiger partial charge in [0.1, 0.15) is 5.78 Å². The summed E-state index contributed by atoms with van der Waals surface area (Å²) in [6.45, 7) is 4.27. The minimum absolute atomic E-state index is 0.121. The van der Waals surface area contributed by atoms with E-state index in [9.17, 15) is 4.79 Å². The quantitative estimate of drug-likeness (QED) is 0.362. The predicted molar refractivity (Wildman–Crippen MR) is 54.4 cm³/mol. The fraction of sp³-hybridized carbons (Fsp3) is 0.778. The topological polar surface area (TPSA) is 81.5 Å². The lowest BCUT2D eigenvalue weighted by Gasteiger charge is -2.08. The Morgan fingerprint density at radius 2 is 2.08 bits per heavy atom. The lowest BCUT2D eigenvalue weighted by molar-refractivity contribution is -0.121. The van der Waals surface area contributed by atoms with Crippen molar-refractivity contribution in [2.75, 3.05) is 6.54 Å². The molecule has 0 saturated carbocycles. The molecule has 13 heavy (non-hydrogen) atoms. The number of hydrogen-bond donors (Lipinski definition) is 2. The van der Waals surface area contributed by atoms with Crippen LogP contribution in [0.2, 0.25) is 0 Å². The number of ketones is 1. The Labute approximate surface area is 79.4 Å². The van der Waals surface area contributed by atoms with Gasteiger partial charge in [-0.15, -0.1) is 0 Å². The summed E-state index contributed by atoms with van der Waals surface area (Å²) in [6.07, 6.45) is 2.65. The van der Waals surface area contributed by atoms with E-state index >= 15 is 0 Å². The summed E-state index contributed by atoms with van der Waals surface area (Å²) in [7, 11) is 0. The van der Waals surface area contributed by atoms with Gasteiger partial charge in [0, 0.05) is 12.5 Å². The number of guanidine groups is 1. The monoisotopic (exact) mass is 185 g/mol. The highest BCUT2D eigenvalue weighted by atomic mass is 16.1. The van der Waals surface area contributed by atoms with Crippen molar-refractivity contribution < 1.29 is 4.79 Å². The Morgan fingerprint density at radius 1 is 1.46 bits per heavy atom. The molecule has 76 valence electrons. The molecule has 4 N–H and O–H groups in total. The third kappa shape index (κ3) is 6.13. The van der Waals surface area contributed by atoms with E-state index in [1.807, 2.05) is 6.92 Å². The van der Waals surface area contributed by atoms with Gasteiger partial charge in [0.15, 0.2) is 5.96 Å². The van der Waals surface area contributed by atoms with E-state index in [4.69, 9.17) is 11.5 Å². The third-order valence-corrected chi connectivity index (χ3v) is 2.07. The van der Waals surface area contributed by atoms with Crippen LogP contribution in [0.15, 0.2) is 4.99 Å². The van der Waals surface area contributed by atoms with E-state index in [1.165, 1.54) is 0 Å². The van der Waals surface area contributed by atoms with Crippen LogP contribution in [0, 0.1) is 5.92 Å². The molecule has 0 fully saturated rings. The van der Waals surface area contributed by atoms with Crippen LogP contribution >= 0.6 is 0 Å². The second-order valence-electron chi connectivity index (χ2n) is 3.16. The van der Waals surface area contributed by atoms with Crippen LogP contribution in [-0.2, 0) is 4.79 Å². The van der Waals surface area contributed by atoms with Gasteiger partial charge in [-0.3, -0.25) is 9.79 Å². The summed E-state index contributed by atoms with van der Waals surface area (Å²) in [6, 6.07) is 0. The fourth-order valence-corrected chi connectivity index (χ4v) is 1.24. The number of carbonyl (C=O) groups is 1. The summed E-state index contributed by atoms with van der Waals surface area (Å²) in [5.41, 5.74) is 10.3. The lowest BCUT2D eigenvalue weighted by Crippen LogP contribution is -2.23. The van der Waals surface area contributed by atoms with E-state index in [-0.39, 0.29) is 17.7 Å².